The van der Waals surface area contributed by atoms with Gasteiger partial charge < -0.3 is 15.0 Å². The maximum absolute atomic E-state index is 13.7. The lowest BCUT2D eigenvalue weighted by molar-refractivity contribution is -0.143. The topological polar surface area (TPSA) is 58.6 Å². The minimum atomic E-state index is -0.794. The Kier molecular flexibility index (Phi) is 9.80. The molecule has 1 N–H and O–H groups in total. The van der Waals surface area contributed by atoms with E-state index in [-0.39, 0.29) is 31.0 Å². The van der Waals surface area contributed by atoms with E-state index in [4.69, 9.17) is 27.9 Å². The Morgan fingerprint density at radius 3 is 2.22 bits per heavy atom. The van der Waals surface area contributed by atoms with Gasteiger partial charge in [0.2, 0.25) is 5.91 Å². The van der Waals surface area contributed by atoms with Gasteiger partial charge in [-0.3, -0.25) is 9.59 Å². The van der Waals surface area contributed by atoms with Crippen molar-refractivity contribution in [3.63, 3.8) is 0 Å². The third-order valence-corrected chi connectivity index (χ3v) is 6.48. The first kappa shape index (κ1) is 27.6. The smallest absolute Gasteiger partial charge is 0.261 e. The summed E-state index contributed by atoms with van der Waals surface area (Å²) in [4.78, 5) is 28.6. The summed E-state index contributed by atoms with van der Waals surface area (Å²) < 4.78 is 5.91. The normalized spacial score (nSPS) is 11.8. The summed E-state index contributed by atoms with van der Waals surface area (Å²) in [5.41, 5.74) is 3.55. The largest absolute Gasteiger partial charge is 0.483 e. The van der Waals surface area contributed by atoms with E-state index in [0.717, 1.165) is 16.7 Å². The third kappa shape index (κ3) is 7.49. The van der Waals surface area contributed by atoms with Crippen LogP contribution in [0.2, 0.25) is 10.0 Å². The molecule has 0 saturated heterocycles. The van der Waals surface area contributed by atoms with Crippen molar-refractivity contribution in [1.82, 2.24) is 10.2 Å². The van der Waals surface area contributed by atoms with Gasteiger partial charge in [-0.15, -0.1) is 0 Å². The first-order chi connectivity index (χ1) is 17.2. The monoisotopic (exact) mass is 526 g/mol. The maximum Gasteiger partial charge on any atom is 0.261 e. The molecule has 0 heterocycles. The molecule has 5 nitrogen and oxygen atoms in total. The zero-order chi connectivity index (χ0) is 26.2. The van der Waals surface area contributed by atoms with Crippen LogP contribution in [0.5, 0.6) is 5.75 Å². The van der Waals surface area contributed by atoms with Crippen molar-refractivity contribution in [3.05, 3.63) is 99.0 Å². The Hall–Kier alpha value is -3.02. The fraction of sp³-hybridized carbons (Fsp3) is 0.310. The van der Waals surface area contributed by atoms with E-state index in [1.807, 2.05) is 76.2 Å². The van der Waals surface area contributed by atoms with E-state index >= 15 is 0 Å². The predicted octanol–water partition coefficient (Wildman–Crippen LogP) is 6.15. The van der Waals surface area contributed by atoms with Gasteiger partial charge in [-0.05, 0) is 57.0 Å². The van der Waals surface area contributed by atoms with E-state index in [1.165, 1.54) is 4.90 Å². The summed E-state index contributed by atoms with van der Waals surface area (Å²) in [6.07, 6.45) is 0.330. The van der Waals surface area contributed by atoms with Gasteiger partial charge >= 0.3 is 0 Å². The molecule has 0 bridgehead atoms. The van der Waals surface area contributed by atoms with Crippen molar-refractivity contribution < 1.29 is 14.3 Å². The number of hydrogen-bond acceptors (Lipinski definition) is 3. The average molecular weight is 527 g/mol. The summed E-state index contributed by atoms with van der Waals surface area (Å²) >= 11 is 12.9. The third-order valence-electron chi connectivity index (χ3n) is 5.77. The van der Waals surface area contributed by atoms with Gasteiger partial charge in [0.25, 0.3) is 5.91 Å². The number of aryl methyl sites for hydroxylation is 2. The molecule has 0 aliphatic rings. The molecule has 190 valence electrons. The molecule has 36 heavy (non-hydrogen) atoms. The minimum Gasteiger partial charge on any atom is -0.483 e. The van der Waals surface area contributed by atoms with Crippen LogP contribution in [0.25, 0.3) is 0 Å². The number of halogens is 2. The Bertz CT molecular complexity index is 1180. The molecule has 7 heteroatoms. The lowest BCUT2D eigenvalue weighted by Gasteiger charge is -2.32. The summed E-state index contributed by atoms with van der Waals surface area (Å²) in [6, 6.07) is 19.7. The fourth-order valence-corrected chi connectivity index (χ4v) is 4.49. The van der Waals surface area contributed by atoms with Crippen LogP contribution in [-0.2, 0) is 22.6 Å². The van der Waals surface area contributed by atoms with E-state index in [1.54, 1.807) is 18.2 Å². The molecule has 0 fully saturated rings. The zero-order valence-corrected chi connectivity index (χ0v) is 22.6. The van der Waals surface area contributed by atoms with Crippen LogP contribution in [0.3, 0.4) is 0 Å². The molecular formula is C29H32Cl2N2O3. The van der Waals surface area contributed by atoms with Gasteiger partial charge in [-0.1, -0.05) is 77.3 Å². The highest BCUT2D eigenvalue weighted by Gasteiger charge is 2.32. The van der Waals surface area contributed by atoms with Crippen molar-refractivity contribution in [2.24, 2.45) is 0 Å². The van der Waals surface area contributed by atoms with Crippen LogP contribution in [-0.4, -0.2) is 35.4 Å². The molecule has 0 aliphatic heterocycles. The van der Waals surface area contributed by atoms with E-state index in [9.17, 15) is 9.59 Å². The molecule has 3 aromatic carbocycles. The van der Waals surface area contributed by atoms with Crippen LogP contribution >= 0.6 is 23.2 Å². The van der Waals surface area contributed by atoms with Gasteiger partial charge in [0.15, 0.2) is 6.61 Å². The lowest BCUT2D eigenvalue weighted by Crippen LogP contribution is -2.53. The van der Waals surface area contributed by atoms with Gasteiger partial charge in [0.05, 0.1) is 0 Å². The van der Waals surface area contributed by atoms with Crippen molar-refractivity contribution in [2.45, 2.75) is 52.7 Å². The number of hydrogen-bond donors (Lipinski definition) is 1. The van der Waals surface area contributed by atoms with Gasteiger partial charge in [0, 0.05) is 34.6 Å². The van der Waals surface area contributed by atoms with Crippen LogP contribution < -0.4 is 10.1 Å². The molecule has 3 rings (SSSR count). The molecule has 1 atom stereocenters. The number of carbonyl (C=O) groups excluding carboxylic acids is 2. The van der Waals surface area contributed by atoms with Gasteiger partial charge in [-0.25, -0.2) is 0 Å². The average Bonchev–Trinajstić information content (AvgIpc) is 2.82. The summed E-state index contributed by atoms with van der Waals surface area (Å²) in [6.45, 7) is 7.54. The van der Waals surface area contributed by atoms with E-state index in [0.29, 0.717) is 27.8 Å². The molecule has 0 aromatic heterocycles. The van der Waals surface area contributed by atoms with Crippen molar-refractivity contribution in [2.75, 3.05) is 6.61 Å². The highest BCUT2D eigenvalue weighted by molar-refractivity contribution is 6.36. The number of amides is 2. The molecule has 0 spiro atoms. The summed E-state index contributed by atoms with van der Waals surface area (Å²) in [5, 5.41) is 3.82. The van der Waals surface area contributed by atoms with Crippen molar-refractivity contribution in [1.29, 1.82) is 0 Å². The molecular weight excluding hydrogens is 495 g/mol. The van der Waals surface area contributed by atoms with Crippen LogP contribution in [0.4, 0.5) is 0 Å². The quantitative estimate of drug-likeness (QED) is 0.344. The number of ether oxygens (including phenoxy) is 1. The lowest BCUT2D eigenvalue weighted by atomic mass is 10.0. The fourth-order valence-electron chi connectivity index (χ4n) is 3.97. The first-order valence-corrected chi connectivity index (χ1v) is 12.7. The zero-order valence-electron chi connectivity index (χ0n) is 21.1. The Morgan fingerprint density at radius 1 is 0.944 bits per heavy atom. The second kappa shape index (κ2) is 12.8. The Morgan fingerprint density at radius 2 is 1.61 bits per heavy atom. The van der Waals surface area contributed by atoms with Gasteiger partial charge in [0.1, 0.15) is 11.8 Å². The molecule has 0 radical (unpaired) electrons. The Balaban J connectivity index is 1.97. The van der Waals surface area contributed by atoms with E-state index < -0.39 is 6.04 Å². The number of benzene rings is 3. The molecule has 3 aromatic rings. The molecule has 0 unspecified atom stereocenters. The standard InChI is InChI=1S/C29H32Cl2N2O3/c1-19(2)32-29(35)26(16-22-9-6-5-7-10-22)33(17-23-24(30)11-8-12-25(23)31)28(34)18-36-27-14-13-20(3)15-21(27)4/h5-15,19,26H,16-18H2,1-4H3,(H,32,35)/t26-/m0/s1. The van der Waals surface area contributed by atoms with Crippen LogP contribution in [0.1, 0.15) is 36.1 Å². The van der Waals surface area contributed by atoms with Crippen molar-refractivity contribution in [3.8, 4) is 5.75 Å². The predicted molar refractivity (Wildman–Crippen MR) is 146 cm³/mol. The first-order valence-electron chi connectivity index (χ1n) is 11.9. The minimum absolute atomic E-state index is 0.0661. The van der Waals surface area contributed by atoms with Gasteiger partial charge in [-0.2, -0.15) is 0 Å². The Labute approximate surface area is 223 Å². The van der Waals surface area contributed by atoms with E-state index in [2.05, 4.69) is 5.32 Å². The van der Waals surface area contributed by atoms with Crippen molar-refractivity contribution >= 4 is 35.0 Å². The number of nitrogens with one attached hydrogen (secondary N) is 1. The van der Waals surface area contributed by atoms with Crippen LogP contribution in [0.15, 0.2) is 66.7 Å². The molecule has 2 amide bonds. The summed E-state index contributed by atoms with van der Waals surface area (Å²) in [7, 11) is 0. The maximum atomic E-state index is 13.7. The number of rotatable bonds is 10. The molecule has 0 aliphatic carbocycles. The highest BCUT2D eigenvalue weighted by atomic mass is 35.5. The SMILES string of the molecule is Cc1ccc(OCC(=O)N(Cc2c(Cl)cccc2Cl)[C@@H](Cc2ccccc2)C(=O)NC(C)C)c(C)c1. The highest BCUT2D eigenvalue weighted by Crippen LogP contribution is 2.27. The second-order valence-electron chi connectivity index (χ2n) is 9.15. The number of carbonyl (C=O) groups is 2. The summed E-state index contributed by atoms with van der Waals surface area (Å²) in [5.74, 6) is 0.0265. The second-order valence-corrected chi connectivity index (χ2v) is 9.96. The molecule has 0 saturated carbocycles. The van der Waals surface area contributed by atoms with Crippen LogP contribution in [0, 0.1) is 13.8 Å². The number of nitrogens with zero attached hydrogens (tertiary/aromatic N) is 1.